The Morgan fingerprint density at radius 1 is 1.23 bits per heavy atom. The van der Waals surface area contributed by atoms with Gasteiger partial charge in [-0.1, -0.05) is 25.0 Å². The molecule has 1 saturated carbocycles. The van der Waals surface area contributed by atoms with Gasteiger partial charge in [-0.15, -0.1) is 0 Å². The van der Waals surface area contributed by atoms with Crippen LogP contribution in [0.3, 0.4) is 0 Å². The lowest BCUT2D eigenvalue weighted by molar-refractivity contribution is 0.111. The van der Waals surface area contributed by atoms with Gasteiger partial charge in [-0.2, -0.15) is 0 Å². The number of amides is 1. The molecule has 1 amide bonds. The quantitative estimate of drug-likeness (QED) is 0.550. The Hall–Kier alpha value is -2.44. The van der Waals surface area contributed by atoms with Crippen molar-refractivity contribution in [3.63, 3.8) is 0 Å². The number of piperidine rings is 1. The highest BCUT2D eigenvalue weighted by Gasteiger charge is 2.36. The Labute approximate surface area is 180 Å². The molecule has 2 aliphatic rings. The van der Waals surface area contributed by atoms with Gasteiger partial charge in [-0.3, -0.25) is 4.99 Å². The van der Waals surface area contributed by atoms with Gasteiger partial charge in [-0.05, 0) is 50.3 Å². The van der Waals surface area contributed by atoms with Crippen LogP contribution < -0.4 is 15.4 Å². The largest absolute Gasteiger partial charge is 0.497 e. The summed E-state index contributed by atoms with van der Waals surface area (Å²) in [5.74, 6) is 1.77. The highest BCUT2D eigenvalue weighted by atomic mass is 16.5. The lowest BCUT2D eigenvalue weighted by Crippen LogP contribution is -2.50. The first-order valence-corrected chi connectivity index (χ1v) is 11.1. The second kappa shape index (κ2) is 10.5. The lowest BCUT2D eigenvalue weighted by atomic mass is 9.79. The first-order chi connectivity index (χ1) is 14.6. The summed E-state index contributed by atoms with van der Waals surface area (Å²) >= 11 is 0. The third kappa shape index (κ3) is 5.37. The second-order valence-electron chi connectivity index (χ2n) is 8.29. The number of guanidine groups is 1. The zero-order valence-corrected chi connectivity index (χ0v) is 18.6. The summed E-state index contributed by atoms with van der Waals surface area (Å²) in [4.78, 5) is 18.5. The highest BCUT2D eigenvalue weighted by molar-refractivity contribution is 5.80. The molecule has 7 nitrogen and oxygen atoms in total. The van der Waals surface area contributed by atoms with Gasteiger partial charge in [-0.25, -0.2) is 4.79 Å². The molecular formula is C23H36N4O3. The molecule has 166 valence electrons. The summed E-state index contributed by atoms with van der Waals surface area (Å²) in [5.41, 5.74) is 1.40. The number of rotatable bonds is 6. The van der Waals surface area contributed by atoms with Crippen molar-refractivity contribution < 1.29 is 14.3 Å². The number of methoxy groups -OCH3 is 2. The van der Waals surface area contributed by atoms with Crippen LogP contribution >= 0.6 is 0 Å². The van der Waals surface area contributed by atoms with Crippen LogP contribution in [0.25, 0.3) is 0 Å². The number of hydrogen-bond acceptors (Lipinski definition) is 4. The van der Waals surface area contributed by atoms with Crippen molar-refractivity contribution >= 4 is 12.1 Å². The zero-order valence-electron chi connectivity index (χ0n) is 18.6. The maximum absolute atomic E-state index is 11.7. The van der Waals surface area contributed by atoms with Crippen LogP contribution in [0.5, 0.6) is 5.75 Å². The summed E-state index contributed by atoms with van der Waals surface area (Å²) in [6, 6.07) is 8.77. The first kappa shape index (κ1) is 22.2. The Bertz CT molecular complexity index is 723. The summed E-state index contributed by atoms with van der Waals surface area (Å²) in [6.07, 6.45) is 6.32. The SMILES string of the molecule is CCNC(=NCC1(c2cccc(OC)c2)CCCC1)NC1CCN(C(=O)OC)CC1. The molecule has 0 aromatic heterocycles. The molecule has 3 rings (SSSR count). The third-order valence-corrected chi connectivity index (χ3v) is 6.40. The number of likely N-dealkylation sites (tertiary alicyclic amines) is 1. The predicted octanol–water partition coefficient (Wildman–Crippen LogP) is 3.29. The average molecular weight is 417 g/mol. The second-order valence-corrected chi connectivity index (χ2v) is 8.29. The highest BCUT2D eigenvalue weighted by Crippen LogP contribution is 2.42. The number of aliphatic imine (C=N–C) groups is 1. The van der Waals surface area contributed by atoms with E-state index in [9.17, 15) is 4.79 Å². The monoisotopic (exact) mass is 416 g/mol. The molecule has 1 aromatic carbocycles. The maximum Gasteiger partial charge on any atom is 0.409 e. The van der Waals surface area contributed by atoms with Crippen LogP contribution in [0, 0.1) is 0 Å². The van der Waals surface area contributed by atoms with Crippen LogP contribution in [0.15, 0.2) is 29.3 Å². The van der Waals surface area contributed by atoms with Crippen LogP contribution in [0.4, 0.5) is 4.79 Å². The van der Waals surface area contributed by atoms with E-state index in [0.717, 1.165) is 50.5 Å². The molecule has 0 atom stereocenters. The van der Waals surface area contributed by atoms with Crippen molar-refractivity contribution in [3.05, 3.63) is 29.8 Å². The van der Waals surface area contributed by atoms with Crippen LogP contribution in [0.1, 0.15) is 51.0 Å². The molecular weight excluding hydrogens is 380 g/mol. The van der Waals surface area contributed by atoms with E-state index in [4.69, 9.17) is 14.5 Å². The van der Waals surface area contributed by atoms with E-state index in [0.29, 0.717) is 19.1 Å². The molecule has 2 fully saturated rings. The van der Waals surface area contributed by atoms with E-state index in [2.05, 4.69) is 35.8 Å². The first-order valence-electron chi connectivity index (χ1n) is 11.1. The number of nitrogens with zero attached hydrogens (tertiary/aromatic N) is 2. The zero-order chi connectivity index (χ0) is 21.4. The van der Waals surface area contributed by atoms with Gasteiger partial charge in [0.2, 0.25) is 0 Å². The Kier molecular flexibility index (Phi) is 7.82. The summed E-state index contributed by atoms with van der Waals surface area (Å²) < 4.78 is 10.3. The fourth-order valence-corrected chi connectivity index (χ4v) is 4.62. The van der Waals surface area contributed by atoms with Crippen LogP contribution in [0.2, 0.25) is 0 Å². The van der Waals surface area contributed by atoms with Gasteiger partial charge in [0.15, 0.2) is 5.96 Å². The molecule has 0 spiro atoms. The Morgan fingerprint density at radius 2 is 1.97 bits per heavy atom. The molecule has 30 heavy (non-hydrogen) atoms. The van der Waals surface area contributed by atoms with Crippen molar-refractivity contribution in [2.45, 2.75) is 56.9 Å². The fourth-order valence-electron chi connectivity index (χ4n) is 4.62. The number of carbonyl (C=O) groups excluding carboxylic acids is 1. The van der Waals surface area contributed by atoms with Crippen molar-refractivity contribution in [1.82, 2.24) is 15.5 Å². The smallest absolute Gasteiger partial charge is 0.409 e. The van der Waals surface area contributed by atoms with Gasteiger partial charge in [0, 0.05) is 31.1 Å². The number of nitrogens with one attached hydrogen (secondary N) is 2. The van der Waals surface area contributed by atoms with Crippen molar-refractivity contribution in [2.24, 2.45) is 4.99 Å². The molecule has 0 unspecified atom stereocenters. The van der Waals surface area contributed by atoms with E-state index in [-0.39, 0.29) is 11.5 Å². The maximum atomic E-state index is 11.7. The Morgan fingerprint density at radius 3 is 2.60 bits per heavy atom. The van der Waals surface area contributed by atoms with E-state index in [1.807, 2.05) is 6.07 Å². The molecule has 2 N–H and O–H groups in total. The predicted molar refractivity (Wildman–Crippen MR) is 119 cm³/mol. The normalized spacial score (nSPS) is 19.4. The van der Waals surface area contributed by atoms with Crippen molar-refractivity contribution in [3.8, 4) is 5.75 Å². The minimum atomic E-state index is -0.240. The topological polar surface area (TPSA) is 75.2 Å². The average Bonchev–Trinajstić information content (AvgIpc) is 3.28. The van der Waals surface area contributed by atoms with Crippen molar-refractivity contribution in [1.29, 1.82) is 0 Å². The Balaban J connectivity index is 1.67. The standard InChI is InChI=1S/C23H36N4O3/c1-4-24-21(26-19-10-14-27(15-11-19)22(28)30-3)25-17-23(12-5-6-13-23)18-8-7-9-20(16-18)29-2/h7-9,16,19H,4-6,10-15,17H2,1-3H3,(H2,24,25,26). The minimum Gasteiger partial charge on any atom is -0.497 e. The minimum absolute atomic E-state index is 0.0745. The van der Waals surface area contributed by atoms with Crippen LogP contribution in [-0.2, 0) is 10.2 Å². The van der Waals surface area contributed by atoms with Gasteiger partial charge >= 0.3 is 6.09 Å². The van der Waals surface area contributed by atoms with E-state index in [1.165, 1.54) is 25.5 Å². The van der Waals surface area contributed by atoms with Gasteiger partial charge in [0.05, 0.1) is 20.8 Å². The molecule has 7 heteroatoms. The van der Waals surface area contributed by atoms with Crippen LogP contribution in [-0.4, -0.2) is 63.4 Å². The molecule has 1 saturated heterocycles. The van der Waals surface area contributed by atoms with E-state index >= 15 is 0 Å². The number of ether oxygens (including phenoxy) is 2. The number of benzene rings is 1. The summed E-state index contributed by atoms with van der Waals surface area (Å²) in [6.45, 7) is 5.08. The lowest BCUT2D eigenvalue weighted by Gasteiger charge is -2.33. The molecule has 0 bridgehead atoms. The number of carbonyl (C=O) groups is 1. The fraction of sp³-hybridized carbons (Fsp3) is 0.652. The number of hydrogen-bond donors (Lipinski definition) is 2. The molecule has 1 heterocycles. The molecule has 1 aliphatic carbocycles. The molecule has 1 aliphatic heterocycles. The summed E-state index contributed by atoms with van der Waals surface area (Å²) in [5, 5.41) is 6.98. The third-order valence-electron chi connectivity index (χ3n) is 6.40. The molecule has 1 aromatic rings. The summed E-state index contributed by atoms with van der Waals surface area (Å²) in [7, 11) is 3.15. The van der Waals surface area contributed by atoms with Gasteiger partial charge in [0.25, 0.3) is 0 Å². The van der Waals surface area contributed by atoms with Crippen molar-refractivity contribution in [2.75, 3.05) is 40.4 Å². The van der Waals surface area contributed by atoms with Gasteiger partial charge < -0.3 is 25.0 Å². The van der Waals surface area contributed by atoms with Gasteiger partial charge in [0.1, 0.15) is 5.75 Å². The molecule has 0 radical (unpaired) electrons. The van der Waals surface area contributed by atoms with E-state index in [1.54, 1.807) is 12.0 Å². The van der Waals surface area contributed by atoms with E-state index < -0.39 is 0 Å².